The molecule has 1 aromatic heterocycles. The lowest BCUT2D eigenvalue weighted by atomic mass is 10.2. The minimum Gasteiger partial charge on any atom is -0.326 e. The highest BCUT2D eigenvalue weighted by atomic mass is 35.5. The Bertz CT molecular complexity index is 585. The van der Waals surface area contributed by atoms with E-state index in [2.05, 4.69) is 41.5 Å². The van der Waals surface area contributed by atoms with E-state index in [0.717, 1.165) is 17.9 Å². The Morgan fingerprint density at radius 3 is 3.05 bits per heavy atom. The van der Waals surface area contributed by atoms with Gasteiger partial charge in [-0.2, -0.15) is 11.8 Å². The van der Waals surface area contributed by atoms with Crippen LogP contribution in [0.1, 0.15) is 36.5 Å². The van der Waals surface area contributed by atoms with Crippen molar-refractivity contribution >= 4 is 34.4 Å². The minimum atomic E-state index is -0.0425. The molecule has 102 valence electrons. The highest BCUT2D eigenvalue weighted by Crippen LogP contribution is 2.31. The molecule has 2 nitrogen and oxygen atoms in total. The van der Waals surface area contributed by atoms with Gasteiger partial charge in [0.2, 0.25) is 0 Å². The average molecular weight is 295 g/mol. The first kappa shape index (κ1) is 13.3. The summed E-state index contributed by atoms with van der Waals surface area (Å²) in [4.78, 5) is 4.72. The summed E-state index contributed by atoms with van der Waals surface area (Å²) in [5.74, 6) is 2.30. The molecular formula is C15H19ClN2S. The number of hydrogen-bond acceptors (Lipinski definition) is 2. The lowest BCUT2D eigenvalue weighted by Gasteiger charge is -2.14. The molecule has 1 aromatic carbocycles. The predicted octanol–water partition coefficient (Wildman–Crippen LogP) is 4.54. The smallest absolute Gasteiger partial charge is 0.127 e. The fourth-order valence-electron chi connectivity index (χ4n) is 2.74. The number of halogens is 1. The first-order valence-electron chi connectivity index (χ1n) is 6.87. The largest absolute Gasteiger partial charge is 0.326 e. The molecule has 3 rings (SSSR count). The van der Waals surface area contributed by atoms with Gasteiger partial charge >= 0.3 is 0 Å². The van der Waals surface area contributed by atoms with Gasteiger partial charge in [-0.25, -0.2) is 4.98 Å². The Kier molecular flexibility index (Phi) is 3.77. The van der Waals surface area contributed by atoms with E-state index in [0.29, 0.717) is 5.25 Å². The van der Waals surface area contributed by atoms with Crippen LogP contribution in [-0.2, 0) is 6.54 Å². The van der Waals surface area contributed by atoms with Gasteiger partial charge in [-0.05, 0) is 50.1 Å². The summed E-state index contributed by atoms with van der Waals surface area (Å²) in [5, 5.41) is 0.672. The molecule has 0 radical (unpaired) electrons. The van der Waals surface area contributed by atoms with Crippen molar-refractivity contribution in [3.8, 4) is 0 Å². The summed E-state index contributed by atoms with van der Waals surface area (Å²) in [7, 11) is 0. The first-order chi connectivity index (χ1) is 9.15. The van der Waals surface area contributed by atoms with Gasteiger partial charge in [0.1, 0.15) is 5.82 Å². The lowest BCUT2D eigenvalue weighted by molar-refractivity contribution is 0.623. The molecule has 0 spiro atoms. The summed E-state index contributed by atoms with van der Waals surface area (Å²) >= 11 is 8.40. The standard InChI is InChI=1S/C15H19ClN2S/c1-10-5-6-13-14(8-10)18(15(17-13)11(2)16)9-12-4-3-7-19-12/h5-6,8,11-12H,3-4,7,9H2,1-2H3. The van der Waals surface area contributed by atoms with Crippen LogP contribution >= 0.6 is 23.4 Å². The third kappa shape index (κ3) is 2.63. The molecule has 1 aliphatic rings. The molecule has 1 saturated heterocycles. The lowest BCUT2D eigenvalue weighted by Crippen LogP contribution is -2.13. The zero-order valence-electron chi connectivity index (χ0n) is 11.4. The number of hydrogen-bond donors (Lipinski definition) is 0. The number of nitrogens with zero attached hydrogens (tertiary/aromatic N) is 2. The fourth-order valence-corrected chi connectivity index (χ4v) is 4.16. The Labute approximate surface area is 123 Å². The van der Waals surface area contributed by atoms with E-state index in [1.165, 1.54) is 29.7 Å². The van der Waals surface area contributed by atoms with Crippen molar-refractivity contribution in [2.75, 3.05) is 5.75 Å². The van der Waals surface area contributed by atoms with Gasteiger partial charge in [0.25, 0.3) is 0 Å². The van der Waals surface area contributed by atoms with Crippen molar-refractivity contribution in [2.24, 2.45) is 0 Å². The molecule has 1 fully saturated rings. The summed E-state index contributed by atoms with van der Waals surface area (Å²) in [6, 6.07) is 6.45. The van der Waals surface area contributed by atoms with E-state index < -0.39 is 0 Å². The monoisotopic (exact) mass is 294 g/mol. The Morgan fingerprint density at radius 2 is 2.37 bits per heavy atom. The molecule has 4 heteroatoms. The van der Waals surface area contributed by atoms with Crippen LogP contribution in [0.15, 0.2) is 18.2 Å². The average Bonchev–Trinajstić information content (AvgIpc) is 2.98. The second kappa shape index (κ2) is 5.37. The second-order valence-electron chi connectivity index (χ2n) is 5.32. The zero-order valence-corrected chi connectivity index (χ0v) is 13.0. The Balaban J connectivity index is 2.06. The summed E-state index contributed by atoms with van der Waals surface area (Å²) < 4.78 is 2.34. The first-order valence-corrected chi connectivity index (χ1v) is 8.36. The quantitative estimate of drug-likeness (QED) is 0.774. The maximum atomic E-state index is 6.31. The predicted molar refractivity (Wildman–Crippen MR) is 84.2 cm³/mol. The van der Waals surface area contributed by atoms with E-state index in [1.54, 1.807) is 0 Å². The second-order valence-corrected chi connectivity index (χ2v) is 7.39. The van der Waals surface area contributed by atoms with E-state index in [4.69, 9.17) is 16.6 Å². The highest BCUT2D eigenvalue weighted by molar-refractivity contribution is 8.00. The van der Waals surface area contributed by atoms with Crippen LogP contribution in [0.2, 0.25) is 0 Å². The third-order valence-corrected chi connectivity index (χ3v) is 5.27. The third-order valence-electron chi connectivity index (χ3n) is 3.70. The van der Waals surface area contributed by atoms with Gasteiger partial charge in [-0.15, -0.1) is 11.6 Å². The van der Waals surface area contributed by atoms with Crippen LogP contribution in [0, 0.1) is 6.92 Å². The SMILES string of the molecule is Cc1ccc2nc(C(C)Cl)n(CC3CCCS3)c2c1. The fraction of sp³-hybridized carbons (Fsp3) is 0.533. The van der Waals surface area contributed by atoms with Crippen LogP contribution < -0.4 is 0 Å². The summed E-state index contributed by atoms with van der Waals surface area (Å²) in [5.41, 5.74) is 3.58. The molecular weight excluding hydrogens is 276 g/mol. The minimum absolute atomic E-state index is 0.0425. The van der Waals surface area contributed by atoms with Gasteiger partial charge in [0, 0.05) is 11.8 Å². The van der Waals surface area contributed by atoms with Crippen molar-refractivity contribution in [3.63, 3.8) is 0 Å². The molecule has 2 aromatic rings. The molecule has 2 unspecified atom stereocenters. The molecule has 2 heterocycles. The van der Waals surface area contributed by atoms with Crippen molar-refractivity contribution in [3.05, 3.63) is 29.6 Å². The number of rotatable bonds is 3. The molecule has 0 N–H and O–H groups in total. The number of fused-ring (bicyclic) bond motifs is 1. The number of aryl methyl sites for hydroxylation is 1. The van der Waals surface area contributed by atoms with Crippen LogP contribution in [0.3, 0.4) is 0 Å². The number of thioether (sulfide) groups is 1. The molecule has 0 saturated carbocycles. The van der Waals surface area contributed by atoms with Crippen molar-refractivity contribution in [2.45, 2.75) is 43.9 Å². The van der Waals surface area contributed by atoms with E-state index in [-0.39, 0.29) is 5.38 Å². The van der Waals surface area contributed by atoms with Crippen molar-refractivity contribution in [1.82, 2.24) is 9.55 Å². The topological polar surface area (TPSA) is 17.8 Å². The summed E-state index contributed by atoms with van der Waals surface area (Å²) in [6.45, 7) is 5.18. The molecule has 0 aliphatic carbocycles. The summed E-state index contributed by atoms with van der Waals surface area (Å²) in [6.07, 6.45) is 2.65. The highest BCUT2D eigenvalue weighted by Gasteiger charge is 2.21. The Morgan fingerprint density at radius 1 is 1.53 bits per heavy atom. The number of imidazole rings is 1. The van der Waals surface area contributed by atoms with Gasteiger partial charge in [-0.1, -0.05) is 6.07 Å². The molecule has 2 atom stereocenters. The van der Waals surface area contributed by atoms with Gasteiger partial charge < -0.3 is 4.57 Å². The van der Waals surface area contributed by atoms with Gasteiger partial charge in [-0.3, -0.25) is 0 Å². The van der Waals surface area contributed by atoms with Crippen LogP contribution in [-0.4, -0.2) is 20.6 Å². The van der Waals surface area contributed by atoms with Crippen LogP contribution in [0.25, 0.3) is 11.0 Å². The molecule has 19 heavy (non-hydrogen) atoms. The van der Waals surface area contributed by atoms with E-state index in [9.17, 15) is 0 Å². The van der Waals surface area contributed by atoms with Gasteiger partial charge in [0.15, 0.2) is 0 Å². The number of aromatic nitrogens is 2. The van der Waals surface area contributed by atoms with Crippen LogP contribution in [0.5, 0.6) is 0 Å². The van der Waals surface area contributed by atoms with Gasteiger partial charge in [0.05, 0.1) is 16.4 Å². The maximum Gasteiger partial charge on any atom is 0.127 e. The molecule has 1 aliphatic heterocycles. The molecule has 0 amide bonds. The van der Waals surface area contributed by atoms with Crippen LogP contribution in [0.4, 0.5) is 0 Å². The van der Waals surface area contributed by atoms with Crippen molar-refractivity contribution < 1.29 is 0 Å². The Hall–Kier alpha value is -0.670. The molecule has 0 bridgehead atoms. The zero-order chi connectivity index (χ0) is 13.4. The van der Waals surface area contributed by atoms with E-state index in [1.807, 2.05) is 6.92 Å². The normalized spacial score (nSPS) is 21.1. The van der Waals surface area contributed by atoms with E-state index >= 15 is 0 Å². The van der Waals surface area contributed by atoms with Crippen molar-refractivity contribution in [1.29, 1.82) is 0 Å². The maximum absolute atomic E-state index is 6.31. The number of benzene rings is 1. The number of alkyl halides is 1.